The molecular weight excluding hydrogens is 236 g/mol. The summed E-state index contributed by atoms with van der Waals surface area (Å²) in [6, 6.07) is 5.97. The van der Waals surface area contributed by atoms with Crippen molar-refractivity contribution in [2.75, 3.05) is 13.2 Å². The van der Waals surface area contributed by atoms with E-state index in [1.54, 1.807) is 13.8 Å². The maximum absolute atomic E-state index is 11.5. The monoisotopic (exact) mass is 252 g/mol. The Bertz CT molecular complexity index is 408. The number of rotatable bonds is 5. The Kier molecular flexibility index (Phi) is 5.32. The van der Waals surface area contributed by atoms with Gasteiger partial charge in [0, 0.05) is 0 Å². The Morgan fingerprint density at radius 2 is 1.61 bits per heavy atom. The van der Waals surface area contributed by atoms with Gasteiger partial charge in [-0.05, 0) is 38.1 Å². The first-order valence-corrected chi connectivity index (χ1v) is 5.63. The first kappa shape index (κ1) is 14.2. The van der Waals surface area contributed by atoms with E-state index < -0.39 is 11.9 Å². The molecule has 0 fully saturated rings. The van der Waals surface area contributed by atoms with Gasteiger partial charge in [0.2, 0.25) is 0 Å². The summed E-state index contributed by atoms with van der Waals surface area (Å²) in [6.45, 7) is 3.26. The van der Waals surface area contributed by atoms with Crippen LogP contribution in [0.2, 0.25) is 0 Å². The van der Waals surface area contributed by atoms with Gasteiger partial charge >= 0.3 is 11.9 Å². The molecule has 98 valence electrons. The lowest BCUT2D eigenvalue weighted by atomic mass is 10.1. The predicted octanol–water partition coefficient (Wildman–Crippen LogP) is 1.40. The molecule has 0 aliphatic carbocycles. The van der Waals surface area contributed by atoms with Crippen LogP contribution in [0.25, 0.3) is 0 Å². The van der Waals surface area contributed by atoms with Crippen LogP contribution in [0.15, 0.2) is 24.3 Å². The van der Waals surface area contributed by atoms with Crippen molar-refractivity contribution in [2.24, 2.45) is 0 Å². The van der Waals surface area contributed by atoms with Crippen molar-refractivity contribution in [3.05, 3.63) is 35.4 Å². The van der Waals surface area contributed by atoms with Gasteiger partial charge in [-0.15, -0.1) is 0 Å². The normalized spacial score (nSPS) is 10.2. The van der Waals surface area contributed by atoms with Crippen LogP contribution in [0.4, 0.5) is 0 Å². The van der Waals surface area contributed by atoms with E-state index in [4.69, 9.17) is 14.6 Å². The molecule has 0 aliphatic heterocycles. The maximum atomic E-state index is 11.5. The highest BCUT2D eigenvalue weighted by molar-refractivity contribution is 5.93. The number of carbonyl (C=O) groups is 2. The van der Waals surface area contributed by atoms with Gasteiger partial charge in [0.1, 0.15) is 6.61 Å². The molecule has 0 radical (unpaired) electrons. The summed E-state index contributed by atoms with van der Waals surface area (Å²) in [4.78, 5) is 22.9. The Morgan fingerprint density at radius 3 is 2.06 bits per heavy atom. The van der Waals surface area contributed by atoms with E-state index in [0.717, 1.165) is 0 Å². The molecule has 0 unspecified atom stereocenters. The maximum Gasteiger partial charge on any atom is 0.338 e. The highest BCUT2D eigenvalue weighted by Gasteiger charge is 2.11. The number of benzene rings is 1. The first-order chi connectivity index (χ1) is 8.54. The lowest BCUT2D eigenvalue weighted by Gasteiger charge is -2.08. The topological polar surface area (TPSA) is 72.8 Å². The number of aliphatic hydroxyl groups is 1. The summed E-state index contributed by atoms with van der Waals surface area (Å²) in [7, 11) is 0. The Labute approximate surface area is 105 Å². The van der Waals surface area contributed by atoms with E-state index in [1.807, 2.05) is 0 Å². The van der Waals surface area contributed by atoms with Crippen molar-refractivity contribution in [1.29, 1.82) is 0 Å². The SMILES string of the molecule is CC(C)OC(=O)c1ccc(C(=O)OCCO)cc1. The van der Waals surface area contributed by atoms with E-state index in [0.29, 0.717) is 11.1 Å². The molecule has 0 aliphatic rings. The third-order valence-electron chi connectivity index (χ3n) is 2.02. The van der Waals surface area contributed by atoms with Crippen LogP contribution in [-0.4, -0.2) is 36.4 Å². The minimum Gasteiger partial charge on any atom is -0.460 e. The number of aliphatic hydroxyl groups excluding tert-OH is 1. The van der Waals surface area contributed by atoms with E-state index in [2.05, 4.69) is 0 Å². The molecule has 1 N–H and O–H groups in total. The zero-order valence-electron chi connectivity index (χ0n) is 10.4. The van der Waals surface area contributed by atoms with E-state index in [1.165, 1.54) is 24.3 Å². The van der Waals surface area contributed by atoms with Gasteiger partial charge in [-0.3, -0.25) is 0 Å². The molecule has 5 heteroatoms. The second kappa shape index (κ2) is 6.76. The van der Waals surface area contributed by atoms with Gasteiger partial charge in [0.15, 0.2) is 0 Å². The van der Waals surface area contributed by atoms with Gasteiger partial charge in [0.05, 0.1) is 23.8 Å². The van der Waals surface area contributed by atoms with Gasteiger partial charge in [-0.2, -0.15) is 0 Å². The number of hydrogen-bond acceptors (Lipinski definition) is 5. The summed E-state index contributed by atoms with van der Waals surface area (Å²) < 4.78 is 9.75. The molecule has 0 saturated carbocycles. The minimum atomic E-state index is -0.534. The highest BCUT2D eigenvalue weighted by Crippen LogP contribution is 2.08. The third-order valence-corrected chi connectivity index (χ3v) is 2.02. The Hall–Kier alpha value is -1.88. The van der Waals surface area contributed by atoms with Gasteiger partial charge in [0.25, 0.3) is 0 Å². The van der Waals surface area contributed by atoms with Crippen LogP contribution < -0.4 is 0 Å². The zero-order chi connectivity index (χ0) is 13.5. The van der Waals surface area contributed by atoms with Gasteiger partial charge in [-0.25, -0.2) is 9.59 Å². The summed E-state index contributed by atoms with van der Waals surface area (Å²) in [5.74, 6) is -0.965. The standard InChI is InChI=1S/C13H16O5/c1-9(2)18-13(16)11-5-3-10(4-6-11)12(15)17-8-7-14/h3-6,9,14H,7-8H2,1-2H3. The first-order valence-electron chi connectivity index (χ1n) is 5.63. The molecule has 0 saturated heterocycles. The van der Waals surface area contributed by atoms with Crippen LogP contribution in [0.1, 0.15) is 34.6 Å². The van der Waals surface area contributed by atoms with Crippen LogP contribution in [-0.2, 0) is 9.47 Å². The molecule has 0 atom stereocenters. The molecule has 1 rings (SSSR count). The molecule has 0 spiro atoms. The van der Waals surface area contributed by atoms with Gasteiger partial charge < -0.3 is 14.6 Å². The molecule has 0 amide bonds. The minimum absolute atomic E-state index is 0.0457. The molecule has 18 heavy (non-hydrogen) atoms. The zero-order valence-corrected chi connectivity index (χ0v) is 10.4. The fraction of sp³-hybridized carbons (Fsp3) is 0.385. The predicted molar refractivity (Wildman–Crippen MR) is 64.4 cm³/mol. The highest BCUT2D eigenvalue weighted by atomic mass is 16.5. The fourth-order valence-corrected chi connectivity index (χ4v) is 1.25. The number of esters is 2. The van der Waals surface area contributed by atoms with Gasteiger partial charge in [-0.1, -0.05) is 0 Å². The summed E-state index contributed by atoms with van der Waals surface area (Å²) in [6.07, 6.45) is -0.188. The second-order valence-electron chi connectivity index (χ2n) is 3.89. The largest absolute Gasteiger partial charge is 0.460 e. The molecule has 1 aromatic rings. The fourth-order valence-electron chi connectivity index (χ4n) is 1.25. The molecule has 5 nitrogen and oxygen atoms in total. The number of ether oxygens (including phenoxy) is 2. The lowest BCUT2D eigenvalue weighted by molar-refractivity contribution is 0.0374. The molecule has 0 bridgehead atoms. The molecule has 0 heterocycles. The van der Waals surface area contributed by atoms with Crippen LogP contribution in [0.3, 0.4) is 0 Å². The lowest BCUT2D eigenvalue weighted by Crippen LogP contribution is -2.12. The summed E-state index contributed by atoms with van der Waals surface area (Å²) in [5, 5.41) is 8.52. The average molecular weight is 252 g/mol. The quantitative estimate of drug-likeness (QED) is 0.802. The van der Waals surface area contributed by atoms with Crippen molar-refractivity contribution in [2.45, 2.75) is 20.0 Å². The van der Waals surface area contributed by atoms with Crippen LogP contribution in [0, 0.1) is 0 Å². The van der Waals surface area contributed by atoms with E-state index in [-0.39, 0.29) is 19.3 Å². The van der Waals surface area contributed by atoms with Crippen LogP contribution in [0.5, 0.6) is 0 Å². The molecular formula is C13H16O5. The number of carbonyl (C=O) groups excluding carboxylic acids is 2. The molecule has 0 aromatic heterocycles. The van der Waals surface area contributed by atoms with Crippen molar-refractivity contribution in [3.63, 3.8) is 0 Å². The van der Waals surface area contributed by atoms with E-state index in [9.17, 15) is 9.59 Å². The summed E-state index contributed by atoms with van der Waals surface area (Å²) in [5.41, 5.74) is 0.701. The van der Waals surface area contributed by atoms with Crippen LogP contribution >= 0.6 is 0 Å². The van der Waals surface area contributed by atoms with Crippen molar-refractivity contribution >= 4 is 11.9 Å². The summed E-state index contributed by atoms with van der Waals surface area (Å²) >= 11 is 0. The van der Waals surface area contributed by atoms with Crippen molar-refractivity contribution in [1.82, 2.24) is 0 Å². The Balaban J connectivity index is 2.67. The van der Waals surface area contributed by atoms with Crippen molar-refractivity contribution in [3.8, 4) is 0 Å². The van der Waals surface area contributed by atoms with E-state index >= 15 is 0 Å². The van der Waals surface area contributed by atoms with Crippen molar-refractivity contribution < 1.29 is 24.2 Å². The molecule has 1 aromatic carbocycles. The number of hydrogen-bond donors (Lipinski definition) is 1. The second-order valence-corrected chi connectivity index (χ2v) is 3.89. The third kappa shape index (κ3) is 4.18. The Morgan fingerprint density at radius 1 is 1.11 bits per heavy atom. The average Bonchev–Trinajstić information content (AvgIpc) is 2.35. The smallest absolute Gasteiger partial charge is 0.338 e.